The number of aromatic amines is 1. The van der Waals surface area contributed by atoms with Crippen LogP contribution in [0.5, 0.6) is 17.2 Å². The number of H-pyrrole nitrogens is 1. The minimum absolute atomic E-state index is 0.134. The lowest BCUT2D eigenvalue weighted by Gasteiger charge is -2.10. The summed E-state index contributed by atoms with van der Waals surface area (Å²) < 4.78 is 10.4. The van der Waals surface area contributed by atoms with E-state index in [1.165, 1.54) is 25.6 Å². The topological polar surface area (TPSA) is 114 Å². The summed E-state index contributed by atoms with van der Waals surface area (Å²) in [7, 11) is 3.06. The number of ether oxygens (including phenoxy) is 2. The van der Waals surface area contributed by atoms with E-state index in [-0.39, 0.29) is 18.1 Å². The standard InChI is InChI=1S/C18H17N3O5S/c1-25-11-6-10(7-12(8-11)26-2)9-19-17(23)14-15(22)18(24)21-16(20-14)13-4-3-5-27-13/h3-8,22H,9H2,1-2H3,(H,19,23)(H,20,21,24). The van der Waals surface area contributed by atoms with Gasteiger partial charge in [0.1, 0.15) is 11.5 Å². The molecule has 0 aliphatic heterocycles. The molecule has 0 atom stereocenters. The SMILES string of the molecule is COc1cc(CNC(=O)c2nc(-c3cccs3)[nH]c(=O)c2O)cc(OC)c1. The predicted molar refractivity (Wildman–Crippen MR) is 101 cm³/mol. The fourth-order valence-electron chi connectivity index (χ4n) is 2.39. The third-order valence-electron chi connectivity index (χ3n) is 3.73. The maximum absolute atomic E-state index is 12.5. The van der Waals surface area contributed by atoms with Gasteiger partial charge in [0.25, 0.3) is 11.5 Å². The first-order chi connectivity index (χ1) is 13.0. The summed E-state index contributed by atoms with van der Waals surface area (Å²) in [4.78, 5) is 31.7. The van der Waals surface area contributed by atoms with Crippen molar-refractivity contribution in [3.05, 3.63) is 57.3 Å². The molecule has 0 saturated carbocycles. The monoisotopic (exact) mass is 387 g/mol. The molecule has 3 N–H and O–H groups in total. The number of amides is 1. The van der Waals surface area contributed by atoms with Gasteiger partial charge in [-0.1, -0.05) is 6.07 Å². The van der Waals surface area contributed by atoms with E-state index < -0.39 is 17.2 Å². The van der Waals surface area contributed by atoms with Crippen LogP contribution >= 0.6 is 11.3 Å². The molecule has 0 fully saturated rings. The van der Waals surface area contributed by atoms with Crippen LogP contribution in [0, 0.1) is 0 Å². The molecule has 9 heteroatoms. The van der Waals surface area contributed by atoms with E-state index in [0.29, 0.717) is 16.4 Å². The summed E-state index contributed by atoms with van der Waals surface area (Å²) in [6, 6.07) is 8.74. The number of rotatable bonds is 6. The lowest BCUT2D eigenvalue weighted by atomic mass is 10.2. The van der Waals surface area contributed by atoms with Gasteiger partial charge < -0.3 is 24.9 Å². The van der Waals surface area contributed by atoms with Crippen molar-refractivity contribution in [2.45, 2.75) is 6.54 Å². The Morgan fingerprint density at radius 1 is 1.26 bits per heavy atom. The molecular weight excluding hydrogens is 370 g/mol. The summed E-state index contributed by atoms with van der Waals surface area (Å²) in [5.41, 5.74) is -0.388. The van der Waals surface area contributed by atoms with Gasteiger partial charge in [0, 0.05) is 12.6 Å². The second kappa shape index (κ2) is 7.92. The quantitative estimate of drug-likeness (QED) is 0.597. The molecule has 8 nitrogen and oxygen atoms in total. The van der Waals surface area contributed by atoms with Crippen LogP contribution in [0.15, 0.2) is 40.5 Å². The third kappa shape index (κ3) is 4.09. The molecule has 0 bridgehead atoms. The van der Waals surface area contributed by atoms with Gasteiger partial charge in [-0.05, 0) is 29.1 Å². The number of carbonyl (C=O) groups excluding carboxylic acids is 1. The number of aromatic nitrogens is 2. The number of thiophene rings is 1. The van der Waals surface area contributed by atoms with Crippen LogP contribution in [-0.4, -0.2) is 35.2 Å². The molecule has 0 saturated heterocycles. The molecule has 0 aliphatic rings. The van der Waals surface area contributed by atoms with Gasteiger partial charge >= 0.3 is 0 Å². The average molecular weight is 387 g/mol. The number of nitrogens with one attached hydrogen (secondary N) is 2. The number of carbonyl (C=O) groups is 1. The fraction of sp³-hybridized carbons (Fsp3) is 0.167. The number of aromatic hydroxyl groups is 1. The van der Waals surface area contributed by atoms with Crippen LogP contribution in [0.2, 0.25) is 0 Å². The van der Waals surface area contributed by atoms with Crippen molar-refractivity contribution in [3.63, 3.8) is 0 Å². The number of methoxy groups -OCH3 is 2. The van der Waals surface area contributed by atoms with E-state index >= 15 is 0 Å². The van der Waals surface area contributed by atoms with Crippen LogP contribution in [0.1, 0.15) is 16.1 Å². The van der Waals surface area contributed by atoms with Gasteiger partial charge in [-0.25, -0.2) is 4.98 Å². The molecule has 0 spiro atoms. The second-order valence-electron chi connectivity index (χ2n) is 5.49. The van der Waals surface area contributed by atoms with Crippen LogP contribution in [0.4, 0.5) is 0 Å². The van der Waals surface area contributed by atoms with E-state index in [1.54, 1.807) is 30.3 Å². The predicted octanol–water partition coefficient (Wildman–Crippen LogP) is 2.15. The van der Waals surface area contributed by atoms with Crippen molar-refractivity contribution in [3.8, 4) is 28.0 Å². The molecule has 1 aromatic carbocycles. The minimum atomic E-state index is -0.776. The highest BCUT2D eigenvalue weighted by Gasteiger charge is 2.19. The highest BCUT2D eigenvalue weighted by Crippen LogP contribution is 2.23. The lowest BCUT2D eigenvalue weighted by Crippen LogP contribution is -2.26. The van der Waals surface area contributed by atoms with E-state index in [2.05, 4.69) is 15.3 Å². The van der Waals surface area contributed by atoms with Crippen molar-refractivity contribution in [2.75, 3.05) is 14.2 Å². The van der Waals surface area contributed by atoms with Gasteiger partial charge in [0.2, 0.25) is 5.75 Å². The lowest BCUT2D eigenvalue weighted by molar-refractivity contribution is 0.0942. The number of hydrogen-bond donors (Lipinski definition) is 3. The van der Waals surface area contributed by atoms with Crippen molar-refractivity contribution < 1.29 is 19.4 Å². The fourth-order valence-corrected chi connectivity index (χ4v) is 3.06. The second-order valence-corrected chi connectivity index (χ2v) is 6.44. The molecule has 0 unspecified atom stereocenters. The van der Waals surface area contributed by atoms with Crippen molar-refractivity contribution >= 4 is 17.2 Å². The minimum Gasteiger partial charge on any atom is -0.501 e. The molecule has 2 heterocycles. The normalized spacial score (nSPS) is 10.4. The van der Waals surface area contributed by atoms with Crippen molar-refractivity contribution in [1.29, 1.82) is 0 Å². The Bertz CT molecular complexity index is 992. The number of hydrogen-bond acceptors (Lipinski definition) is 7. The van der Waals surface area contributed by atoms with Crippen LogP contribution in [0.25, 0.3) is 10.7 Å². The maximum Gasteiger partial charge on any atom is 0.294 e. The zero-order chi connectivity index (χ0) is 19.4. The molecular formula is C18H17N3O5S. The van der Waals surface area contributed by atoms with Gasteiger partial charge in [-0.15, -0.1) is 11.3 Å². The zero-order valence-corrected chi connectivity index (χ0v) is 15.4. The Hall–Kier alpha value is -3.33. The molecule has 27 heavy (non-hydrogen) atoms. The molecule has 3 rings (SSSR count). The first-order valence-corrected chi connectivity index (χ1v) is 8.77. The molecule has 0 aliphatic carbocycles. The van der Waals surface area contributed by atoms with Crippen LogP contribution in [-0.2, 0) is 6.54 Å². The average Bonchev–Trinajstić information content (AvgIpc) is 3.22. The molecule has 140 valence electrons. The van der Waals surface area contributed by atoms with Gasteiger partial charge in [0.05, 0.1) is 19.1 Å². The smallest absolute Gasteiger partial charge is 0.294 e. The summed E-state index contributed by atoms with van der Waals surface area (Å²) in [5.74, 6) is -0.0124. The molecule has 3 aromatic rings. The molecule has 0 radical (unpaired) electrons. The Kier molecular flexibility index (Phi) is 5.41. The zero-order valence-electron chi connectivity index (χ0n) is 14.6. The molecule has 2 aromatic heterocycles. The van der Waals surface area contributed by atoms with E-state index in [9.17, 15) is 14.7 Å². The Labute approximate surface area is 158 Å². The Balaban J connectivity index is 1.83. The summed E-state index contributed by atoms with van der Waals surface area (Å²) in [5, 5.41) is 14.4. The largest absolute Gasteiger partial charge is 0.501 e. The van der Waals surface area contributed by atoms with E-state index in [0.717, 1.165) is 5.56 Å². The summed E-state index contributed by atoms with van der Waals surface area (Å²) in [6.45, 7) is 0.134. The Morgan fingerprint density at radius 3 is 2.56 bits per heavy atom. The van der Waals surface area contributed by atoms with Gasteiger partial charge in [-0.3, -0.25) is 9.59 Å². The first kappa shape index (κ1) is 18.5. The first-order valence-electron chi connectivity index (χ1n) is 7.89. The highest BCUT2D eigenvalue weighted by atomic mass is 32.1. The van der Waals surface area contributed by atoms with E-state index in [1.807, 2.05) is 5.38 Å². The van der Waals surface area contributed by atoms with Crippen molar-refractivity contribution in [1.82, 2.24) is 15.3 Å². The summed E-state index contributed by atoms with van der Waals surface area (Å²) >= 11 is 1.36. The molecule has 1 amide bonds. The van der Waals surface area contributed by atoms with Crippen molar-refractivity contribution in [2.24, 2.45) is 0 Å². The van der Waals surface area contributed by atoms with Gasteiger partial charge in [0.15, 0.2) is 11.5 Å². The van der Waals surface area contributed by atoms with Crippen LogP contribution < -0.4 is 20.3 Å². The summed E-state index contributed by atoms with van der Waals surface area (Å²) in [6.07, 6.45) is 0. The Morgan fingerprint density at radius 2 is 1.96 bits per heavy atom. The maximum atomic E-state index is 12.5. The number of benzene rings is 1. The highest BCUT2D eigenvalue weighted by molar-refractivity contribution is 7.13. The third-order valence-corrected chi connectivity index (χ3v) is 4.61. The van der Waals surface area contributed by atoms with Gasteiger partial charge in [-0.2, -0.15) is 0 Å². The van der Waals surface area contributed by atoms with E-state index in [4.69, 9.17) is 9.47 Å². The van der Waals surface area contributed by atoms with Crippen LogP contribution in [0.3, 0.4) is 0 Å². The number of nitrogens with zero attached hydrogens (tertiary/aromatic N) is 1.